The first-order chi connectivity index (χ1) is 9.06. The molecule has 2 aromatic rings. The summed E-state index contributed by atoms with van der Waals surface area (Å²) in [5, 5.41) is 11.8. The van der Waals surface area contributed by atoms with Crippen molar-refractivity contribution in [2.45, 2.75) is 13.5 Å². The molecule has 0 bridgehead atoms. The molecule has 0 radical (unpaired) electrons. The van der Waals surface area contributed by atoms with Gasteiger partial charge in [0.05, 0.1) is 5.56 Å². The van der Waals surface area contributed by atoms with E-state index in [0.29, 0.717) is 12.4 Å². The molecule has 4 nitrogen and oxygen atoms in total. The molecule has 19 heavy (non-hydrogen) atoms. The lowest BCUT2D eigenvalue weighted by molar-refractivity contribution is 0.0696. The van der Waals surface area contributed by atoms with Gasteiger partial charge in [0, 0.05) is 12.7 Å². The van der Waals surface area contributed by atoms with E-state index in [1.807, 2.05) is 6.92 Å². The lowest BCUT2D eigenvalue weighted by Gasteiger charge is -2.08. The minimum Gasteiger partial charge on any atom is -0.478 e. The molecule has 0 aliphatic rings. The molecule has 2 N–H and O–H groups in total. The highest BCUT2D eigenvalue weighted by Crippen LogP contribution is 2.13. The highest BCUT2D eigenvalue weighted by Gasteiger charge is 2.04. The summed E-state index contributed by atoms with van der Waals surface area (Å²) in [6.45, 7) is 2.33. The summed E-state index contributed by atoms with van der Waals surface area (Å²) >= 11 is 0. The van der Waals surface area contributed by atoms with Crippen LogP contribution < -0.4 is 5.32 Å². The van der Waals surface area contributed by atoms with Gasteiger partial charge in [-0.1, -0.05) is 6.07 Å². The lowest BCUT2D eigenvalue weighted by atomic mass is 10.1. The first-order valence-corrected chi connectivity index (χ1v) is 5.74. The van der Waals surface area contributed by atoms with Gasteiger partial charge in [0.1, 0.15) is 11.6 Å². The normalized spacial score (nSPS) is 10.2. The predicted octanol–water partition coefficient (Wildman–Crippen LogP) is 2.84. The number of aromatic nitrogens is 1. The summed E-state index contributed by atoms with van der Waals surface area (Å²) in [6.07, 6.45) is 1.28. The van der Waals surface area contributed by atoms with Crippen molar-refractivity contribution in [1.29, 1.82) is 0 Å². The lowest BCUT2D eigenvalue weighted by Crippen LogP contribution is -2.04. The fourth-order valence-corrected chi connectivity index (χ4v) is 1.64. The van der Waals surface area contributed by atoms with Crippen molar-refractivity contribution in [3.8, 4) is 0 Å². The molecule has 1 aromatic carbocycles. The maximum Gasteiger partial charge on any atom is 0.337 e. The number of carboxylic acid groups (broad SMARTS) is 1. The van der Waals surface area contributed by atoms with E-state index in [2.05, 4.69) is 10.3 Å². The van der Waals surface area contributed by atoms with Gasteiger partial charge in [0.15, 0.2) is 0 Å². The maximum absolute atomic E-state index is 13.1. The molecular weight excluding hydrogens is 247 g/mol. The van der Waals surface area contributed by atoms with Crippen LogP contribution in [-0.2, 0) is 6.54 Å². The Morgan fingerprint density at radius 1 is 1.37 bits per heavy atom. The van der Waals surface area contributed by atoms with E-state index in [1.165, 1.54) is 24.4 Å². The number of rotatable bonds is 4. The molecule has 0 aliphatic carbocycles. The van der Waals surface area contributed by atoms with E-state index in [4.69, 9.17) is 5.11 Å². The fraction of sp³-hybridized carbons (Fsp3) is 0.143. The molecule has 0 saturated carbocycles. The number of hydrogen-bond acceptors (Lipinski definition) is 3. The van der Waals surface area contributed by atoms with Crippen molar-refractivity contribution in [3.05, 3.63) is 59.0 Å². The first kappa shape index (κ1) is 13.0. The minimum absolute atomic E-state index is 0.132. The summed E-state index contributed by atoms with van der Waals surface area (Å²) in [5.41, 5.74) is 1.95. The third-order valence-corrected chi connectivity index (χ3v) is 2.78. The molecule has 0 saturated heterocycles. The Hall–Kier alpha value is -2.43. The van der Waals surface area contributed by atoms with E-state index in [-0.39, 0.29) is 11.4 Å². The highest BCUT2D eigenvalue weighted by atomic mass is 19.1. The molecular formula is C14H13FN2O2. The van der Waals surface area contributed by atoms with Gasteiger partial charge in [0.2, 0.25) is 0 Å². The fourth-order valence-electron chi connectivity index (χ4n) is 1.64. The number of nitrogens with zero attached hydrogens (tertiary/aromatic N) is 1. The first-order valence-electron chi connectivity index (χ1n) is 5.74. The van der Waals surface area contributed by atoms with Crippen molar-refractivity contribution in [1.82, 2.24) is 4.98 Å². The Morgan fingerprint density at radius 2 is 2.16 bits per heavy atom. The van der Waals surface area contributed by atoms with Gasteiger partial charge in [0.25, 0.3) is 0 Å². The van der Waals surface area contributed by atoms with Crippen molar-refractivity contribution in [2.24, 2.45) is 0 Å². The van der Waals surface area contributed by atoms with E-state index in [0.717, 1.165) is 11.1 Å². The Labute approximate surface area is 109 Å². The maximum atomic E-state index is 13.1. The minimum atomic E-state index is -1.01. The van der Waals surface area contributed by atoms with Gasteiger partial charge >= 0.3 is 5.97 Å². The molecule has 0 amide bonds. The third kappa shape index (κ3) is 3.28. The number of nitrogens with one attached hydrogen (secondary N) is 1. The number of aromatic carboxylic acids is 1. The predicted molar refractivity (Wildman–Crippen MR) is 69.7 cm³/mol. The molecule has 1 aromatic heterocycles. The number of hydrogen-bond donors (Lipinski definition) is 2. The average Bonchev–Trinajstić information content (AvgIpc) is 2.40. The van der Waals surface area contributed by atoms with Crippen LogP contribution in [0.3, 0.4) is 0 Å². The number of aryl methyl sites for hydroxylation is 1. The van der Waals surface area contributed by atoms with Crippen LogP contribution >= 0.6 is 0 Å². The molecule has 0 fully saturated rings. The molecule has 0 aliphatic heterocycles. The van der Waals surface area contributed by atoms with Crippen LogP contribution in [0.1, 0.15) is 21.5 Å². The molecule has 2 rings (SSSR count). The summed E-state index contributed by atoms with van der Waals surface area (Å²) in [4.78, 5) is 14.7. The monoisotopic (exact) mass is 260 g/mol. The van der Waals surface area contributed by atoms with Crippen LogP contribution in [0.5, 0.6) is 0 Å². The Balaban J connectivity index is 2.06. The largest absolute Gasteiger partial charge is 0.478 e. The van der Waals surface area contributed by atoms with E-state index in [1.54, 1.807) is 12.1 Å². The number of halogens is 1. The summed E-state index contributed by atoms with van der Waals surface area (Å²) < 4.78 is 13.1. The summed E-state index contributed by atoms with van der Waals surface area (Å²) in [5.74, 6) is -0.745. The topological polar surface area (TPSA) is 62.2 Å². The van der Waals surface area contributed by atoms with Crippen LogP contribution in [0.15, 0.2) is 36.5 Å². The van der Waals surface area contributed by atoms with Gasteiger partial charge in [-0.25, -0.2) is 14.2 Å². The van der Waals surface area contributed by atoms with E-state index >= 15 is 0 Å². The van der Waals surface area contributed by atoms with E-state index < -0.39 is 5.97 Å². The summed E-state index contributed by atoms with van der Waals surface area (Å²) in [7, 11) is 0. The highest BCUT2D eigenvalue weighted by molar-refractivity contribution is 5.87. The van der Waals surface area contributed by atoms with Crippen LogP contribution in [0.2, 0.25) is 0 Å². The van der Waals surface area contributed by atoms with Gasteiger partial charge in [-0.3, -0.25) is 0 Å². The number of anilines is 1. The van der Waals surface area contributed by atoms with Crippen LogP contribution in [0, 0.1) is 12.7 Å². The number of carboxylic acids is 1. The van der Waals surface area contributed by atoms with Gasteiger partial charge in [-0.2, -0.15) is 0 Å². The molecule has 0 spiro atoms. The van der Waals surface area contributed by atoms with Gasteiger partial charge < -0.3 is 10.4 Å². The number of benzene rings is 1. The standard InChI is InChI=1S/C14H13FN2O2/c1-9-2-4-12(15)6-11(9)8-17-13-5-3-10(7-16-13)14(18)19/h2-7H,8H2,1H3,(H,16,17)(H,18,19). The quantitative estimate of drug-likeness (QED) is 0.887. The van der Waals surface area contributed by atoms with Gasteiger partial charge in [-0.05, 0) is 42.3 Å². The zero-order valence-electron chi connectivity index (χ0n) is 10.4. The van der Waals surface area contributed by atoms with Crippen LogP contribution in [0.4, 0.5) is 10.2 Å². The van der Waals surface area contributed by atoms with E-state index in [9.17, 15) is 9.18 Å². The SMILES string of the molecule is Cc1ccc(F)cc1CNc1ccc(C(=O)O)cn1. The van der Waals surface area contributed by atoms with Crippen molar-refractivity contribution >= 4 is 11.8 Å². The summed E-state index contributed by atoms with van der Waals surface area (Å²) in [6, 6.07) is 7.65. The average molecular weight is 260 g/mol. The van der Waals surface area contributed by atoms with Crippen LogP contribution in [-0.4, -0.2) is 16.1 Å². The smallest absolute Gasteiger partial charge is 0.337 e. The molecule has 1 heterocycles. The van der Waals surface area contributed by atoms with Crippen molar-refractivity contribution in [2.75, 3.05) is 5.32 Å². The third-order valence-electron chi connectivity index (χ3n) is 2.78. The molecule has 0 unspecified atom stereocenters. The Morgan fingerprint density at radius 3 is 2.79 bits per heavy atom. The second-order valence-electron chi connectivity index (χ2n) is 4.16. The van der Waals surface area contributed by atoms with Crippen molar-refractivity contribution in [3.63, 3.8) is 0 Å². The van der Waals surface area contributed by atoms with Crippen LogP contribution in [0.25, 0.3) is 0 Å². The second-order valence-corrected chi connectivity index (χ2v) is 4.16. The molecule has 98 valence electrons. The zero-order chi connectivity index (χ0) is 13.8. The molecule has 0 atom stereocenters. The number of pyridine rings is 1. The Bertz CT molecular complexity index is 597. The van der Waals surface area contributed by atoms with Crippen molar-refractivity contribution < 1.29 is 14.3 Å². The second kappa shape index (κ2) is 5.48. The zero-order valence-corrected chi connectivity index (χ0v) is 10.4. The number of carbonyl (C=O) groups is 1. The Kier molecular flexibility index (Phi) is 3.75. The molecule has 5 heteroatoms. The van der Waals surface area contributed by atoms with Gasteiger partial charge in [-0.15, -0.1) is 0 Å².